The van der Waals surface area contributed by atoms with Gasteiger partial charge in [-0.15, -0.1) is 0 Å². The minimum atomic E-state index is -3.53. The van der Waals surface area contributed by atoms with Gasteiger partial charge >= 0.3 is 18.9 Å². The van der Waals surface area contributed by atoms with Crippen molar-refractivity contribution in [3.8, 4) is 17.2 Å². The topological polar surface area (TPSA) is 111 Å². The first-order valence-corrected chi connectivity index (χ1v) is 13.1. The third-order valence-electron chi connectivity index (χ3n) is 5.72. The predicted molar refractivity (Wildman–Crippen MR) is 123 cm³/mol. The number of benzene rings is 2. The Morgan fingerprint density at radius 3 is 2.27 bits per heavy atom. The molecule has 0 bridgehead atoms. The van der Waals surface area contributed by atoms with Crippen molar-refractivity contribution in [2.24, 2.45) is 0 Å². The Kier molecular flexibility index (Phi) is 11.8. The maximum Gasteiger partial charge on any atom is 1.00 e. The van der Waals surface area contributed by atoms with Crippen LogP contribution in [0.15, 0.2) is 48.5 Å². The van der Waals surface area contributed by atoms with Gasteiger partial charge in [0.1, 0.15) is 36.3 Å². The summed E-state index contributed by atoms with van der Waals surface area (Å²) in [6.07, 6.45) is 4.51. The Morgan fingerprint density at radius 1 is 1.00 bits per heavy atom. The Bertz CT molecular complexity index is 858. The molecule has 33 heavy (non-hydrogen) atoms. The number of ether oxygens (including phenoxy) is 2. The van der Waals surface area contributed by atoms with Gasteiger partial charge in [-0.3, -0.25) is 0 Å². The summed E-state index contributed by atoms with van der Waals surface area (Å²) in [7, 11) is -3.53. The molecular formula is C24H33LiNO6P. The Hall–Kier alpha value is -1.45. The molecule has 3 rings (SSSR count). The van der Waals surface area contributed by atoms with Crippen molar-refractivity contribution in [1.82, 2.24) is 5.32 Å². The van der Waals surface area contributed by atoms with Crippen LogP contribution in [0.5, 0.6) is 17.2 Å². The summed E-state index contributed by atoms with van der Waals surface area (Å²) in [5.41, 5.74) is 0.862. The molecule has 3 N–H and O–H groups in total. The summed E-state index contributed by atoms with van der Waals surface area (Å²) in [5.74, 6) is 1.33. The smallest absolute Gasteiger partial charge is 0.797 e. The molecule has 7 nitrogen and oxygen atoms in total. The van der Waals surface area contributed by atoms with E-state index in [-0.39, 0.29) is 43.2 Å². The average molecular weight is 469 g/mol. The summed E-state index contributed by atoms with van der Waals surface area (Å²) >= 11 is 0. The molecule has 2 aromatic rings. The van der Waals surface area contributed by atoms with E-state index in [2.05, 4.69) is 5.32 Å². The fourth-order valence-electron chi connectivity index (χ4n) is 3.79. The standard InChI is InChI=1S/C24H34NO6P.Li/c26-20-8-12-22(13-9-20)30-17-21(27)16-25-15-14-19-6-10-23(11-7-19)31-18-32(28,29)24-4-2-1-3-5-24;/h6-13,21,24-27H,1-5,14-18H2,(H,28,29);/q;+1/p-1/t21-;/m0./s1. The van der Waals surface area contributed by atoms with E-state index in [0.717, 1.165) is 44.1 Å². The van der Waals surface area contributed by atoms with E-state index < -0.39 is 13.5 Å². The number of rotatable bonds is 12. The van der Waals surface area contributed by atoms with Crippen LogP contribution in [-0.4, -0.2) is 48.0 Å². The number of aliphatic hydroxyl groups excluding tert-OH is 1. The van der Waals surface area contributed by atoms with Crippen molar-refractivity contribution in [2.75, 3.05) is 26.0 Å². The average Bonchev–Trinajstić information content (AvgIpc) is 2.81. The van der Waals surface area contributed by atoms with Crippen LogP contribution in [0.2, 0.25) is 0 Å². The zero-order chi connectivity index (χ0) is 22.8. The fraction of sp³-hybridized carbons (Fsp3) is 0.500. The molecule has 0 heterocycles. The molecule has 0 aliphatic heterocycles. The second-order valence-electron chi connectivity index (χ2n) is 8.35. The van der Waals surface area contributed by atoms with E-state index in [0.29, 0.717) is 24.6 Å². The second-order valence-corrected chi connectivity index (χ2v) is 10.8. The number of phenols is 1. The molecule has 0 saturated heterocycles. The number of aromatic hydroxyl groups is 1. The van der Waals surface area contributed by atoms with Gasteiger partial charge in [-0.25, -0.2) is 0 Å². The molecule has 1 fully saturated rings. The van der Waals surface area contributed by atoms with Gasteiger partial charge in [0.25, 0.3) is 0 Å². The molecule has 2 atom stereocenters. The first-order chi connectivity index (χ1) is 15.4. The van der Waals surface area contributed by atoms with Crippen LogP contribution in [0, 0.1) is 0 Å². The molecule has 2 aromatic carbocycles. The Balaban J connectivity index is 0.00000385. The normalized spacial score (nSPS) is 16.9. The van der Waals surface area contributed by atoms with E-state index in [1.54, 1.807) is 24.3 Å². The first-order valence-electron chi connectivity index (χ1n) is 11.2. The predicted octanol–water partition coefficient (Wildman–Crippen LogP) is 0.276. The first kappa shape index (κ1) is 27.8. The fourth-order valence-corrected chi connectivity index (χ4v) is 5.48. The van der Waals surface area contributed by atoms with Gasteiger partial charge in [-0.1, -0.05) is 31.4 Å². The van der Waals surface area contributed by atoms with Gasteiger partial charge < -0.3 is 34.5 Å². The molecule has 176 valence electrons. The van der Waals surface area contributed by atoms with Crippen LogP contribution < -0.4 is 38.5 Å². The molecule has 1 aliphatic carbocycles. The number of nitrogens with one attached hydrogen (secondary N) is 1. The summed E-state index contributed by atoms with van der Waals surface area (Å²) < 4.78 is 23.5. The number of hydrogen-bond acceptors (Lipinski definition) is 7. The van der Waals surface area contributed by atoms with E-state index in [1.165, 1.54) is 12.1 Å². The van der Waals surface area contributed by atoms with E-state index in [4.69, 9.17) is 9.47 Å². The SMILES string of the molecule is O=P([O-])(COc1ccc(CCNC[C@H](O)COc2ccc(O)cc2)cc1)C1CCCCC1.[Li+]. The van der Waals surface area contributed by atoms with Gasteiger partial charge in [0, 0.05) is 12.2 Å². The van der Waals surface area contributed by atoms with Crippen molar-refractivity contribution < 1.29 is 48.0 Å². The van der Waals surface area contributed by atoms with Gasteiger partial charge in [-0.05, 0) is 67.8 Å². The Labute approximate surface area is 208 Å². The molecule has 0 amide bonds. The number of aliphatic hydroxyl groups is 1. The molecule has 0 radical (unpaired) electrons. The van der Waals surface area contributed by atoms with Crippen LogP contribution in [0.4, 0.5) is 0 Å². The molecule has 0 spiro atoms. The van der Waals surface area contributed by atoms with Crippen molar-refractivity contribution in [2.45, 2.75) is 50.3 Å². The summed E-state index contributed by atoms with van der Waals surface area (Å²) in [6, 6.07) is 13.8. The number of hydrogen-bond donors (Lipinski definition) is 3. The van der Waals surface area contributed by atoms with E-state index in [9.17, 15) is 19.7 Å². The minimum Gasteiger partial charge on any atom is -0.797 e. The molecule has 9 heteroatoms. The molecule has 0 aromatic heterocycles. The van der Waals surface area contributed by atoms with E-state index in [1.807, 2.05) is 12.1 Å². The quantitative estimate of drug-likeness (QED) is 0.233. The second kappa shape index (κ2) is 14.1. The maximum atomic E-state index is 12.5. The van der Waals surface area contributed by atoms with E-state index >= 15 is 0 Å². The molecule has 1 saturated carbocycles. The largest absolute Gasteiger partial charge is 1.00 e. The van der Waals surface area contributed by atoms with Crippen LogP contribution in [0.25, 0.3) is 0 Å². The van der Waals surface area contributed by atoms with Crippen LogP contribution >= 0.6 is 7.37 Å². The summed E-state index contributed by atoms with van der Waals surface area (Å²) in [5, 5.41) is 22.5. The van der Waals surface area contributed by atoms with Crippen molar-refractivity contribution in [3.63, 3.8) is 0 Å². The summed E-state index contributed by atoms with van der Waals surface area (Å²) in [4.78, 5) is 12.5. The van der Waals surface area contributed by atoms with Crippen molar-refractivity contribution in [3.05, 3.63) is 54.1 Å². The molecule has 1 aliphatic rings. The molecular weight excluding hydrogens is 436 g/mol. The van der Waals surface area contributed by atoms with Crippen molar-refractivity contribution in [1.29, 1.82) is 0 Å². The maximum absolute atomic E-state index is 12.5. The van der Waals surface area contributed by atoms with Crippen molar-refractivity contribution >= 4 is 7.37 Å². The van der Waals surface area contributed by atoms with Gasteiger partial charge in [-0.2, -0.15) is 0 Å². The van der Waals surface area contributed by atoms with Crippen LogP contribution in [0.3, 0.4) is 0 Å². The van der Waals surface area contributed by atoms with Gasteiger partial charge in [0.2, 0.25) is 0 Å². The molecule has 1 unspecified atom stereocenters. The van der Waals surface area contributed by atoms with Crippen LogP contribution in [0.1, 0.15) is 37.7 Å². The minimum absolute atomic E-state index is 0. The van der Waals surface area contributed by atoms with Gasteiger partial charge in [0.05, 0.1) is 7.37 Å². The Morgan fingerprint density at radius 2 is 1.61 bits per heavy atom. The van der Waals surface area contributed by atoms with Crippen LogP contribution in [-0.2, 0) is 11.0 Å². The van der Waals surface area contributed by atoms with Gasteiger partial charge in [0.15, 0.2) is 0 Å². The number of phenolic OH excluding ortho intramolecular Hbond substituents is 1. The zero-order valence-electron chi connectivity index (χ0n) is 19.3. The third kappa shape index (κ3) is 9.74. The summed E-state index contributed by atoms with van der Waals surface area (Å²) in [6.45, 7) is 1.25. The monoisotopic (exact) mass is 469 g/mol. The third-order valence-corrected chi connectivity index (χ3v) is 7.83. The zero-order valence-corrected chi connectivity index (χ0v) is 20.2.